The van der Waals surface area contributed by atoms with Gasteiger partial charge < -0.3 is 5.73 Å². The topological polar surface area (TPSA) is 80.5 Å². The van der Waals surface area contributed by atoms with Crippen LogP contribution >= 0.6 is 0 Å². The molecule has 0 aliphatic heterocycles. The lowest BCUT2D eigenvalue weighted by Crippen LogP contribution is -2.45. The number of aromatic nitrogens is 4. The molecule has 1 aromatic heterocycles. The smallest absolute Gasteiger partial charge is 0.319 e. The monoisotopic (exact) mass is 235 g/mol. The molecule has 0 radical (unpaired) electrons. The van der Waals surface area contributed by atoms with Gasteiger partial charge in [-0.15, -0.1) is 10.2 Å². The Balaban J connectivity index is 2.18. The second kappa shape index (κ2) is 3.69. The molecule has 1 aromatic rings. The molecule has 2 unspecified atom stereocenters. The summed E-state index contributed by atoms with van der Waals surface area (Å²) < 4.78 is 37.8. The number of aromatic amines is 1. The lowest BCUT2D eigenvalue weighted by atomic mass is 9.75. The van der Waals surface area contributed by atoms with Crippen molar-refractivity contribution in [3.63, 3.8) is 0 Å². The zero-order valence-electron chi connectivity index (χ0n) is 8.46. The fraction of sp³-hybridized carbons (Fsp3) is 0.875. The molecular weight excluding hydrogens is 223 g/mol. The average molecular weight is 235 g/mol. The average Bonchev–Trinajstić information content (AvgIpc) is 2.69. The summed E-state index contributed by atoms with van der Waals surface area (Å²) in [4.78, 5) is 0. The Morgan fingerprint density at radius 3 is 2.75 bits per heavy atom. The van der Waals surface area contributed by atoms with Crippen LogP contribution < -0.4 is 5.73 Å². The summed E-state index contributed by atoms with van der Waals surface area (Å²) in [6, 6.07) is 0. The van der Waals surface area contributed by atoms with Gasteiger partial charge in [-0.25, -0.2) is 0 Å². The first-order chi connectivity index (χ1) is 7.42. The molecule has 0 amide bonds. The van der Waals surface area contributed by atoms with Gasteiger partial charge in [0.25, 0.3) is 0 Å². The van der Waals surface area contributed by atoms with Crippen LogP contribution in [0, 0.1) is 5.92 Å². The molecule has 16 heavy (non-hydrogen) atoms. The number of nitrogens with zero attached hydrogens (tertiary/aromatic N) is 3. The summed E-state index contributed by atoms with van der Waals surface area (Å²) in [6.45, 7) is 0. The maximum atomic E-state index is 12.6. The van der Waals surface area contributed by atoms with Gasteiger partial charge >= 0.3 is 6.18 Å². The van der Waals surface area contributed by atoms with E-state index in [4.69, 9.17) is 5.73 Å². The Hall–Kier alpha value is -1.18. The van der Waals surface area contributed by atoms with E-state index in [0.717, 1.165) is 0 Å². The highest BCUT2D eigenvalue weighted by molar-refractivity contribution is 5.04. The van der Waals surface area contributed by atoms with Crippen LogP contribution in [0.15, 0.2) is 0 Å². The Morgan fingerprint density at radius 2 is 2.19 bits per heavy atom. The molecular formula is C8H12F3N5. The Bertz CT molecular complexity index is 349. The van der Waals surface area contributed by atoms with Crippen LogP contribution in [0.4, 0.5) is 13.2 Å². The third kappa shape index (κ3) is 2.01. The summed E-state index contributed by atoms with van der Waals surface area (Å²) in [5, 5.41) is 12.9. The van der Waals surface area contributed by atoms with Crippen molar-refractivity contribution in [3.8, 4) is 0 Å². The van der Waals surface area contributed by atoms with Gasteiger partial charge in [0.2, 0.25) is 0 Å². The van der Waals surface area contributed by atoms with E-state index in [9.17, 15) is 13.2 Å². The lowest BCUT2D eigenvalue weighted by molar-refractivity contribution is -0.187. The van der Waals surface area contributed by atoms with E-state index in [-0.39, 0.29) is 18.7 Å². The van der Waals surface area contributed by atoms with E-state index in [0.29, 0.717) is 12.8 Å². The summed E-state index contributed by atoms with van der Waals surface area (Å²) in [6.07, 6.45) is -3.36. The van der Waals surface area contributed by atoms with Gasteiger partial charge in [-0.05, 0) is 19.3 Å². The van der Waals surface area contributed by atoms with E-state index in [1.165, 1.54) is 0 Å². The van der Waals surface area contributed by atoms with E-state index in [1.54, 1.807) is 0 Å². The number of nitrogens with two attached hydrogens (primary N) is 1. The van der Waals surface area contributed by atoms with Gasteiger partial charge in [-0.1, -0.05) is 11.6 Å². The van der Waals surface area contributed by atoms with Gasteiger partial charge in [-0.2, -0.15) is 18.4 Å². The molecule has 0 spiro atoms. The van der Waals surface area contributed by atoms with Crippen molar-refractivity contribution in [2.75, 3.05) is 0 Å². The number of tetrazole rings is 1. The fourth-order valence-electron chi connectivity index (χ4n) is 2.16. The van der Waals surface area contributed by atoms with Crippen molar-refractivity contribution in [2.45, 2.75) is 37.4 Å². The second-order valence-corrected chi connectivity index (χ2v) is 4.23. The summed E-state index contributed by atoms with van der Waals surface area (Å²) in [5.74, 6) is -1.20. The highest BCUT2D eigenvalue weighted by atomic mass is 19.4. The molecule has 1 saturated carbocycles. The van der Waals surface area contributed by atoms with Gasteiger partial charge in [0.15, 0.2) is 5.82 Å². The number of nitrogens with one attached hydrogen (secondary N) is 1. The van der Waals surface area contributed by atoms with Crippen LogP contribution in [0.25, 0.3) is 0 Å². The molecule has 5 nitrogen and oxygen atoms in total. The van der Waals surface area contributed by atoms with Crippen molar-refractivity contribution in [1.82, 2.24) is 20.6 Å². The predicted octanol–water partition coefficient (Wildman–Crippen LogP) is 1.11. The summed E-state index contributed by atoms with van der Waals surface area (Å²) in [7, 11) is 0. The van der Waals surface area contributed by atoms with E-state index in [2.05, 4.69) is 20.6 Å². The van der Waals surface area contributed by atoms with Gasteiger partial charge in [0, 0.05) is 0 Å². The maximum absolute atomic E-state index is 12.6. The molecule has 8 heteroatoms. The van der Waals surface area contributed by atoms with Gasteiger partial charge in [0.1, 0.15) is 0 Å². The summed E-state index contributed by atoms with van der Waals surface area (Å²) in [5.41, 5.74) is 4.82. The number of alkyl halides is 3. The first kappa shape index (κ1) is 11.3. The third-order valence-electron chi connectivity index (χ3n) is 3.04. The van der Waals surface area contributed by atoms with E-state index in [1.807, 2.05) is 0 Å². The van der Waals surface area contributed by atoms with Gasteiger partial charge in [0.05, 0.1) is 11.5 Å². The van der Waals surface area contributed by atoms with Crippen molar-refractivity contribution >= 4 is 0 Å². The van der Waals surface area contributed by atoms with Crippen molar-refractivity contribution in [3.05, 3.63) is 5.82 Å². The number of rotatable bonds is 1. The third-order valence-corrected chi connectivity index (χ3v) is 3.04. The predicted molar refractivity (Wildman–Crippen MR) is 48.1 cm³/mol. The quantitative estimate of drug-likeness (QED) is 0.764. The molecule has 2 atom stereocenters. The SMILES string of the molecule is NC1(c2nn[nH]n2)CCCC(C(F)(F)F)C1. The number of halogens is 3. The highest BCUT2D eigenvalue weighted by Crippen LogP contribution is 2.43. The largest absolute Gasteiger partial charge is 0.391 e. The number of hydrogen-bond donors (Lipinski definition) is 2. The molecule has 2 rings (SSSR count). The minimum absolute atomic E-state index is 0.125. The molecule has 0 bridgehead atoms. The molecule has 0 aromatic carbocycles. The lowest BCUT2D eigenvalue weighted by Gasteiger charge is -2.36. The number of hydrogen-bond acceptors (Lipinski definition) is 4. The van der Waals surface area contributed by atoms with Crippen LogP contribution in [0.1, 0.15) is 31.5 Å². The van der Waals surface area contributed by atoms with Gasteiger partial charge in [-0.3, -0.25) is 0 Å². The van der Waals surface area contributed by atoms with Crippen LogP contribution in [0.5, 0.6) is 0 Å². The maximum Gasteiger partial charge on any atom is 0.391 e. The van der Waals surface area contributed by atoms with E-state index >= 15 is 0 Å². The Kier molecular flexibility index (Phi) is 2.61. The molecule has 90 valence electrons. The normalized spacial score (nSPS) is 31.6. The molecule has 0 saturated heterocycles. The fourth-order valence-corrected chi connectivity index (χ4v) is 2.16. The minimum atomic E-state index is -4.20. The van der Waals surface area contributed by atoms with Crippen molar-refractivity contribution < 1.29 is 13.2 Å². The highest BCUT2D eigenvalue weighted by Gasteiger charge is 2.48. The summed E-state index contributed by atoms with van der Waals surface area (Å²) >= 11 is 0. The molecule has 1 fully saturated rings. The number of H-pyrrole nitrogens is 1. The van der Waals surface area contributed by atoms with Crippen LogP contribution in [-0.2, 0) is 5.54 Å². The first-order valence-electron chi connectivity index (χ1n) is 5.01. The molecule has 1 aliphatic rings. The second-order valence-electron chi connectivity index (χ2n) is 4.23. The minimum Gasteiger partial charge on any atom is -0.319 e. The first-order valence-corrected chi connectivity index (χ1v) is 5.01. The molecule has 3 N–H and O–H groups in total. The Labute approximate surface area is 89.6 Å². The van der Waals surface area contributed by atoms with Crippen LogP contribution in [0.3, 0.4) is 0 Å². The van der Waals surface area contributed by atoms with Crippen LogP contribution in [0.2, 0.25) is 0 Å². The zero-order valence-corrected chi connectivity index (χ0v) is 8.46. The van der Waals surface area contributed by atoms with Crippen molar-refractivity contribution in [1.29, 1.82) is 0 Å². The van der Waals surface area contributed by atoms with E-state index < -0.39 is 17.6 Å². The zero-order chi connectivity index (χ0) is 11.8. The standard InChI is InChI=1S/C8H12F3N5/c9-8(10,11)5-2-1-3-7(12,4-5)6-13-15-16-14-6/h5H,1-4,12H2,(H,13,14,15,16). The van der Waals surface area contributed by atoms with Crippen molar-refractivity contribution in [2.24, 2.45) is 11.7 Å². The van der Waals surface area contributed by atoms with Crippen LogP contribution in [-0.4, -0.2) is 26.8 Å². The molecule has 1 heterocycles. The Morgan fingerprint density at radius 1 is 1.44 bits per heavy atom. The molecule has 1 aliphatic carbocycles.